The van der Waals surface area contributed by atoms with Crippen molar-refractivity contribution in [2.45, 2.75) is 37.5 Å². The van der Waals surface area contributed by atoms with E-state index in [1.54, 1.807) is 4.90 Å². The molecule has 3 nitrogen and oxygen atoms in total. The Hall–Kier alpha value is -0.380. The minimum Gasteiger partial charge on any atom is -0.334 e. The quantitative estimate of drug-likeness (QED) is 0.782. The average Bonchev–Trinajstić information content (AvgIpc) is 2.63. The molecule has 1 rings (SSSR count). The number of rotatable bonds is 3. The fraction of sp³-hybridized carbons (Fsp3) is 0.900. The van der Waals surface area contributed by atoms with Gasteiger partial charge in [0, 0.05) is 24.9 Å². The van der Waals surface area contributed by atoms with Crippen molar-refractivity contribution in [3.63, 3.8) is 0 Å². The summed E-state index contributed by atoms with van der Waals surface area (Å²) in [5.41, 5.74) is 0. The van der Waals surface area contributed by atoms with E-state index in [-0.39, 0.29) is 6.03 Å². The van der Waals surface area contributed by atoms with Crippen LogP contribution in [0.15, 0.2) is 0 Å². The van der Waals surface area contributed by atoms with Gasteiger partial charge in [0.15, 0.2) is 0 Å². The van der Waals surface area contributed by atoms with Gasteiger partial charge in [-0.1, -0.05) is 6.42 Å². The Balaban J connectivity index is 2.39. The van der Waals surface area contributed by atoms with Crippen molar-refractivity contribution in [3.8, 4) is 0 Å². The number of nitrogens with one attached hydrogen (secondary N) is 1. The van der Waals surface area contributed by atoms with Crippen molar-refractivity contribution < 1.29 is 4.79 Å². The van der Waals surface area contributed by atoms with E-state index in [1.165, 1.54) is 12.8 Å². The number of hydrogen-bond donors (Lipinski definition) is 1. The number of thioether (sulfide) groups is 1. The number of carbonyl (C=O) groups is 1. The maximum Gasteiger partial charge on any atom is 0.317 e. The summed E-state index contributed by atoms with van der Waals surface area (Å²) in [6.07, 6.45) is 5.74. The van der Waals surface area contributed by atoms with E-state index in [1.807, 2.05) is 25.7 Å². The van der Waals surface area contributed by atoms with Crippen LogP contribution in [0.4, 0.5) is 4.79 Å². The first-order valence-electron chi connectivity index (χ1n) is 5.23. The van der Waals surface area contributed by atoms with Crippen molar-refractivity contribution in [1.29, 1.82) is 0 Å². The van der Waals surface area contributed by atoms with E-state index in [9.17, 15) is 4.79 Å². The maximum absolute atomic E-state index is 11.6. The summed E-state index contributed by atoms with van der Waals surface area (Å²) < 4.78 is 0. The van der Waals surface area contributed by atoms with Crippen molar-refractivity contribution in [2.24, 2.45) is 0 Å². The van der Waals surface area contributed by atoms with Gasteiger partial charge in [-0.05, 0) is 26.0 Å². The largest absolute Gasteiger partial charge is 0.334 e. The van der Waals surface area contributed by atoms with Crippen LogP contribution in [0.25, 0.3) is 0 Å². The smallest absolute Gasteiger partial charge is 0.317 e. The Morgan fingerprint density at radius 3 is 2.86 bits per heavy atom. The number of hydrogen-bond acceptors (Lipinski definition) is 2. The van der Waals surface area contributed by atoms with Gasteiger partial charge in [-0.25, -0.2) is 4.79 Å². The Bertz CT molecular complexity index is 199. The molecule has 1 aliphatic rings. The molecule has 1 saturated carbocycles. The molecule has 0 saturated heterocycles. The average molecular weight is 216 g/mol. The van der Waals surface area contributed by atoms with Gasteiger partial charge in [0.05, 0.1) is 0 Å². The van der Waals surface area contributed by atoms with Crippen LogP contribution in [-0.2, 0) is 0 Å². The summed E-state index contributed by atoms with van der Waals surface area (Å²) in [6, 6.07) is 0.449. The Morgan fingerprint density at radius 2 is 2.29 bits per heavy atom. The van der Waals surface area contributed by atoms with Gasteiger partial charge >= 0.3 is 6.03 Å². The molecule has 1 N–H and O–H groups in total. The molecule has 0 bridgehead atoms. The third kappa shape index (κ3) is 2.80. The zero-order chi connectivity index (χ0) is 10.6. The summed E-state index contributed by atoms with van der Waals surface area (Å²) in [5.74, 6) is 0. The van der Waals surface area contributed by atoms with E-state index in [4.69, 9.17) is 0 Å². The minimum absolute atomic E-state index is 0.0680. The van der Waals surface area contributed by atoms with Crippen LogP contribution in [0, 0.1) is 0 Å². The molecule has 0 aromatic heterocycles. The molecule has 0 spiro atoms. The van der Waals surface area contributed by atoms with E-state index >= 15 is 0 Å². The summed E-state index contributed by atoms with van der Waals surface area (Å²) in [4.78, 5) is 13.3. The summed E-state index contributed by atoms with van der Waals surface area (Å²) in [7, 11) is 1.83. The molecule has 0 aromatic rings. The lowest BCUT2D eigenvalue weighted by Gasteiger charge is -2.23. The van der Waals surface area contributed by atoms with Gasteiger partial charge in [0.2, 0.25) is 0 Å². The zero-order valence-corrected chi connectivity index (χ0v) is 10.1. The summed E-state index contributed by atoms with van der Waals surface area (Å²) >= 11 is 1.87. The summed E-state index contributed by atoms with van der Waals surface area (Å²) in [5, 5.41) is 3.71. The van der Waals surface area contributed by atoms with E-state index < -0.39 is 0 Å². The lowest BCUT2D eigenvalue weighted by atomic mass is 10.2. The molecular formula is C10H20N2OS. The Morgan fingerprint density at radius 1 is 1.57 bits per heavy atom. The molecule has 4 heteroatoms. The molecule has 0 radical (unpaired) electrons. The van der Waals surface area contributed by atoms with Crippen molar-refractivity contribution >= 4 is 17.8 Å². The number of urea groups is 1. The first kappa shape index (κ1) is 11.7. The molecular weight excluding hydrogens is 196 g/mol. The molecule has 0 aliphatic heterocycles. The van der Waals surface area contributed by atoms with Crippen molar-refractivity contribution in [3.05, 3.63) is 0 Å². The highest BCUT2D eigenvalue weighted by atomic mass is 32.2. The topological polar surface area (TPSA) is 32.3 Å². The second kappa shape index (κ2) is 5.49. The van der Waals surface area contributed by atoms with Crippen LogP contribution in [0.3, 0.4) is 0 Å². The van der Waals surface area contributed by atoms with Gasteiger partial charge in [0.1, 0.15) is 0 Å². The highest BCUT2D eigenvalue weighted by molar-refractivity contribution is 7.99. The number of nitrogens with zero attached hydrogens (tertiary/aromatic N) is 1. The molecule has 1 aliphatic carbocycles. The second-order valence-corrected chi connectivity index (χ2v) is 4.85. The second-order valence-electron chi connectivity index (χ2n) is 3.78. The molecule has 0 heterocycles. The maximum atomic E-state index is 11.6. The standard InChI is InChI=1S/C10H20N2OS/c1-4-12(2)10(13)11-8-6-5-7-9(8)14-3/h8-9H,4-7H2,1-3H3,(H,11,13). The van der Waals surface area contributed by atoms with Crippen LogP contribution in [0.1, 0.15) is 26.2 Å². The first-order valence-corrected chi connectivity index (χ1v) is 6.52. The third-order valence-corrected chi connectivity index (χ3v) is 4.05. The van der Waals surface area contributed by atoms with E-state index in [2.05, 4.69) is 11.6 Å². The molecule has 2 unspecified atom stereocenters. The fourth-order valence-electron chi connectivity index (χ4n) is 1.79. The van der Waals surface area contributed by atoms with Crippen molar-refractivity contribution in [1.82, 2.24) is 10.2 Å². The zero-order valence-electron chi connectivity index (χ0n) is 9.25. The van der Waals surface area contributed by atoms with Crippen LogP contribution >= 0.6 is 11.8 Å². The van der Waals surface area contributed by atoms with Crippen LogP contribution in [-0.4, -0.2) is 42.1 Å². The van der Waals surface area contributed by atoms with Crippen LogP contribution in [0.5, 0.6) is 0 Å². The molecule has 2 atom stereocenters. The Labute approximate surface area is 90.6 Å². The van der Waals surface area contributed by atoms with Crippen molar-refractivity contribution in [2.75, 3.05) is 19.8 Å². The highest BCUT2D eigenvalue weighted by Gasteiger charge is 2.28. The van der Waals surface area contributed by atoms with Gasteiger partial charge in [-0.15, -0.1) is 0 Å². The lowest BCUT2D eigenvalue weighted by molar-refractivity contribution is 0.207. The van der Waals surface area contributed by atoms with Gasteiger partial charge in [-0.2, -0.15) is 11.8 Å². The predicted octanol–water partition coefficient (Wildman–Crippen LogP) is 1.93. The molecule has 0 aromatic carbocycles. The predicted molar refractivity (Wildman–Crippen MR) is 61.8 cm³/mol. The lowest BCUT2D eigenvalue weighted by Crippen LogP contribution is -2.45. The Kier molecular flexibility index (Phi) is 4.58. The molecule has 82 valence electrons. The summed E-state index contributed by atoms with van der Waals surface area (Å²) in [6.45, 7) is 2.75. The third-order valence-electron chi connectivity index (χ3n) is 2.89. The fourth-order valence-corrected chi connectivity index (χ4v) is 2.72. The normalized spacial score (nSPS) is 26.2. The van der Waals surface area contributed by atoms with Gasteiger partial charge in [-0.3, -0.25) is 0 Å². The molecule has 14 heavy (non-hydrogen) atoms. The van der Waals surface area contributed by atoms with Crippen LogP contribution in [0.2, 0.25) is 0 Å². The minimum atomic E-state index is 0.0680. The monoisotopic (exact) mass is 216 g/mol. The van der Waals surface area contributed by atoms with Gasteiger partial charge in [0.25, 0.3) is 0 Å². The molecule has 1 fully saturated rings. The van der Waals surface area contributed by atoms with Gasteiger partial charge < -0.3 is 10.2 Å². The molecule has 2 amide bonds. The van der Waals surface area contributed by atoms with Crippen LogP contribution < -0.4 is 5.32 Å². The highest BCUT2D eigenvalue weighted by Crippen LogP contribution is 2.28. The SMILES string of the molecule is CCN(C)C(=O)NC1CCCC1SC. The first-order chi connectivity index (χ1) is 6.69. The van der Waals surface area contributed by atoms with E-state index in [0.29, 0.717) is 11.3 Å². The number of carbonyl (C=O) groups excluding carboxylic acids is 1. The van der Waals surface area contributed by atoms with E-state index in [0.717, 1.165) is 13.0 Å². The number of amides is 2.